The van der Waals surface area contributed by atoms with Crippen molar-refractivity contribution in [2.24, 2.45) is 5.92 Å². The lowest BCUT2D eigenvalue weighted by Gasteiger charge is -2.42. The Bertz CT molecular complexity index is 1970. The summed E-state index contributed by atoms with van der Waals surface area (Å²) in [5.41, 5.74) is 1.64. The van der Waals surface area contributed by atoms with Crippen LogP contribution in [0.2, 0.25) is 0 Å². The van der Waals surface area contributed by atoms with Gasteiger partial charge in [0.15, 0.2) is 0 Å². The van der Waals surface area contributed by atoms with Crippen molar-refractivity contribution < 1.29 is 38.9 Å². The highest BCUT2D eigenvalue weighted by Gasteiger charge is 2.36. The third kappa shape index (κ3) is 8.86. The number of likely N-dealkylation sites (tertiary alicyclic amines) is 1. The average molecular weight is 740 g/mol. The van der Waals surface area contributed by atoms with Crippen LogP contribution in [-0.2, 0) is 25.7 Å². The smallest absolute Gasteiger partial charge is 0.342 e. The molecule has 4 atom stereocenters. The largest absolute Gasteiger partial charge is 0.507 e. The molecule has 0 radical (unpaired) electrons. The number of allylic oxidation sites excluding steroid dienone is 1. The molecule has 2 bridgehead atoms. The van der Waals surface area contributed by atoms with Crippen molar-refractivity contribution in [2.75, 3.05) is 26.7 Å². The summed E-state index contributed by atoms with van der Waals surface area (Å²) in [6, 6.07) is 13.5. The van der Waals surface area contributed by atoms with E-state index < -0.39 is 29.6 Å². The van der Waals surface area contributed by atoms with Gasteiger partial charge in [0.1, 0.15) is 28.6 Å². The summed E-state index contributed by atoms with van der Waals surface area (Å²) in [7, 11) is 1.53. The van der Waals surface area contributed by atoms with Gasteiger partial charge < -0.3 is 34.5 Å². The summed E-state index contributed by atoms with van der Waals surface area (Å²) in [6.07, 6.45) is 6.77. The first-order valence-electron chi connectivity index (χ1n) is 18.9. The van der Waals surface area contributed by atoms with Crippen LogP contribution in [0.25, 0.3) is 6.08 Å². The first kappa shape index (κ1) is 38.3. The van der Waals surface area contributed by atoms with E-state index in [0.29, 0.717) is 69.5 Å². The first-order valence-corrected chi connectivity index (χ1v) is 18.9. The fourth-order valence-corrected chi connectivity index (χ4v) is 8.07. The maximum atomic E-state index is 13.7. The molecule has 1 aromatic heterocycles. The number of benzene rings is 2. The number of aromatic hydroxyl groups is 2. The molecule has 12 heteroatoms. The van der Waals surface area contributed by atoms with Crippen LogP contribution >= 0.6 is 0 Å². The number of amides is 2. The monoisotopic (exact) mass is 739 g/mol. The molecule has 4 heterocycles. The molecule has 4 unspecified atom stereocenters. The Morgan fingerprint density at radius 2 is 1.80 bits per heavy atom. The molecule has 0 spiro atoms. The normalized spacial score (nSPS) is 20.9. The minimum Gasteiger partial charge on any atom is -0.507 e. The first-order chi connectivity index (χ1) is 26.0. The number of rotatable bonds is 8. The number of ketones is 1. The van der Waals surface area contributed by atoms with Gasteiger partial charge in [-0.1, -0.05) is 30.4 Å². The molecule has 2 amide bonds. The number of phenolic OH excluding ortho intramolecular Hbond substituents is 2. The van der Waals surface area contributed by atoms with Crippen LogP contribution in [0.15, 0.2) is 59.4 Å². The van der Waals surface area contributed by atoms with Gasteiger partial charge in [0.25, 0.3) is 5.56 Å². The molecular formula is C42H49N3O9. The number of hydrogen-bond acceptors (Lipinski definition) is 9. The van der Waals surface area contributed by atoms with Crippen molar-refractivity contribution in [3.8, 4) is 17.2 Å². The van der Waals surface area contributed by atoms with Crippen molar-refractivity contribution in [1.82, 2.24) is 14.8 Å². The van der Waals surface area contributed by atoms with Gasteiger partial charge in [0, 0.05) is 81.0 Å². The van der Waals surface area contributed by atoms with Crippen molar-refractivity contribution in [1.29, 1.82) is 0 Å². The van der Waals surface area contributed by atoms with Crippen LogP contribution in [-0.4, -0.2) is 76.1 Å². The predicted molar refractivity (Wildman–Crippen MR) is 202 cm³/mol. The molecule has 286 valence electrons. The standard InChI is InChI=1S/C42H49N3O9/c1-26-8-6-11-31(46)10-5-3-4-9-29-21-35(47)40(41(51)39(29)42(52)54-26)33(28-14-16-32(53-2)17-15-28)22-36(48)43-19-18-37(49)44-23-27-20-30(25-44)34-12-7-13-38(50)45(34)24-27/h4,7,9,12-17,21,26-27,30,33,47,51H,3,5-6,8,10-11,18-20,22-25H2,1-2H3,(H,43,48). The van der Waals surface area contributed by atoms with Crippen molar-refractivity contribution in [2.45, 2.75) is 89.2 Å². The van der Waals surface area contributed by atoms with E-state index in [1.165, 1.54) is 13.2 Å². The minimum absolute atomic E-state index is 0.00546. The lowest BCUT2D eigenvalue weighted by Crippen LogP contribution is -2.49. The number of nitrogens with one attached hydrogen (secondary N) is 1. The number of carbonyl (C=O) groups excluding carboxylic acids is 4. The zero-order chi connectivity index (χ0) is 38.4. The zero-order valence-corrected chi connectivity index (χ0v) is 30.9. The number of nitrogens with zero attached hydrogens (tertiary/aromatic N) is 2. The number of fused-ring (bicyclic) bond motifs is 5. The number of methoxy groups -OCH3 is 1. The quantitative estimate of drug-likeness (QED) is 0.256. The van der Waals surface area contributed by atoms with Gasteiger partial charge in [-0.15, -0.1) is 0 Å². The number of ether oxygens (including phenoxy) is 2. The lowest BCUT2D eigenvalue weighted by atomic mass is 9.83. The van der Waals surface area contributed by atoms with Crippen molar-refractivity contribution >= 4 is 29.6 Å². The molecule has 12 nitrogen and oxygen atoms in total. The second kappa shape index (κ2) is 17.2. The molecule has 3 N–H and O–H groups in total. The SMILES string of the molecule is COc1ccc(C(CC(=O)NCCC(=O)N2CC3CC(C2)c2cccc(=O)n2C3)c2c(O)cc3c(c2O)C(=O)OC(C)CCCC(=O)CCCC=C3)cc1. The van der Waals surface area contributed by atoms with Gasteiger partial charge in [-0.05, 0) is 80.3 Å². The van der Waals surface area contributed by atoms with Crippen LogP contribution in [0.1, 0.15) is 109 Å². The summed E-state index contributed by atoms with van der Waals surface area (Å²) in [5.74, 6) is -1.98. The Morgan fingerprint density at radius 3 is 2.57 bits per heavy atom. The van der Waals surface area contributed by atoms with Crippen molar-refractivity contribution in [3.63, 3.8) is 0 Å². The highest BCUT2D eigenvalue weighted by atomic mass is 16.5. The highest BCUT2D eigenvalue weighted by Crippen LogP contribution is 2.44. The number of hydrogen-bond donors (Lipinski definition) is 3. The minimum atomic E-state index is -0.893. The fraction of sp³-hybridized carbons (Fsp3) is 0.452. The highest BCUT2D eigenvalue weighted by molar-refractivity contribution is 5.98. The number of Topliss-reactive ketones (excluding diaryl/α,β-unsaturated/α-hetero) is 1. The van der Waals surface area contributed by atoms with E-state index in [0.717, 1.165) is 12.1 Å². The Labute approximate surface area is 314 Å². The zero-order valence-electron chi connectivity index (χ0n) is 30.9. The fourth-order valence-electron chi connectivity index (χ4n) is 8.07. The summed E-state index contributed by atoms with van der Waals surface area (Å²) >= 11 is 0. The number of phenols is 2. The van der Waals surface area contributed by atoms with Crippen LogP contribution < -0.4 is 15.6 Å². The van der Waals surface area contributed by atoms with Gasteiger partial charge >= 0.3 is 5.97 Å². The molecule has 2 aromatic carbocycles. The third-order valence-electron chi connectivity index (χ3n) is 10.8. The summed E-state index contributed by atoms with van der Waals surface area (Å²) in [4.78, 5) is 67.0. The second-order valence-electron chi connectivity index (χ2n) is 14.7. The predicted octanol–water partition coefficient (Wildman–Crippen LogP) is 5.42. The van der Waals surface area contributed by atoms with Gasteiger partial charge in [-0.25, -0.2) is 4.79 Å². The Balaban J connectivity index is 1.21. The Kier molecular flexibility index (Phi) is 12.2. The third-order valence-corrected chi connectivity index (χ3v) is 10.8. The Morgan fingerprint density at radius 1 is 1.02 bits per heavy atom. The number of pyridine rings is 1. The number of aromatic nitrogens is 1. The molecule has 54 heavy (non-hydrogen) atoms. The van der Waals surface area contributed by atoms with Gasteiger partial charge in [-0.3, -0.25) is 19.2 Å². The van der Waals surface area contributed by atoms with Crippen LogP contribution in [0.3, 0.4) is 0 Å². The van der Waals surface area contributed by atoms with E-state index >= 15 is 0 Å². The lowest BCUT2D eigenvalue weighted by molar-refractivity contribution is -0.134. The van der Waals surface area contributed by atoms with Crippen LogP contribution in [0, 0.1) is 5.92 Å². The molecule has 1 fully saturated rings. The van der Waals surface area contributed by atoms with Gasteiger partial charge in [0.05, 0.1) is 13.2 Å². The molecule has 3 aromatic rings. The molecule has 0 saturated carbocycles. The molecule has 0 aliphatic carbocycles. The van der Waals surface area contributed by atoms with E-state index in [4.69, 9.17) is 9.47 Å². The molecule has 1 saturated heterocycles. The van der Waals surface area contributed by atoms with E-state index in [2.05, 4.69) is 5.32 Å². The van der Waals surface area contributed by atoms with E-state index in [1.807, 2.05) is 15.5 Å². The topological polar surface area (TPSA) is 164 Å². The van der Waals surface area contributed by atoms with Crippen LogP contribution in [0.4, 0.5) is 0 Å². The number of cyclic esters (lactones) is 1. The Hall–Kier alpha value is -5.39. The van der Waals surface area contributed by atoms with E-state index in [-0.39, 0.29) is 70.9 Å². The van der Waals surface area contributed by atoms with E-state index in [9.17, 15) is 34.2 Å². The number of esters is 1. The average Bonchev–Trinajstić information content (AvgIpc) is 3.14. The maximum absolute atomic E-state index is 13.7. The number of carbonyl (C=O) groups is 4. The summed E-state index contributed by atoms with van der Waals surface area (Å²) < 4.78 is 12.9. The second-order valence-corrected chi connectivity index (χ2v) is 14.7. The summed E-state index contributed by atoms with van der Waals surface area (Å²) in [5, 5.41) is 26.1. The summed E-state index contributed by atoms with van der Waals surface area (Å²) in [6.45, 7) is 3.46. The van der Waals surface area contributed by atoms with Crippen LogP contribution in [0.5, 0.6) is 17.2 Å². The van der Waals surface area contributed by atoms with E-state index in [1.54, 1.807) is 55.5 Å². The van der Waals surface area contributed by atoms with Gasteiger partial charge in [0.2, 0.25) is 11.8 Å². The maximum Gasteiger partial charge on any atom is 0.342 e. The molecule has 3 aliphatic heterocycles. The van der Waals surface area contributed by atoms with Gasteiger partial charge in [-0.2, -0.15) is 0 Å². The molecular weight excluding hydrogens is 690 g/mol. The molecule has 6 rings (SSSR count). The molecule has 3 aliphatic rings. The number of piperidine rings is 1. The van der Waals surface area contributed by atoms with Crippen molar-refractivity contribution in [3.05, 3.63) is 92.9 Å².